The zero-order valence-electron chi connectivity index (χ0n) is 11.1. The summed E-state index contributed by atoms with van der Waals surface area (Å²) < 4.78 is 0. The molecule has 1 heterocycles. The van der Waals surface area contributed by atoms with Crippen molar-refractivity contribution in [3.05, 3.63) is 22.4 Å². The third-order valence-electron chi connectivity index (χ3n) is 4.08. The molecule has 0 bridgehead atoms. The number of hydrogen-bond acceptors (Lipinski definition) is 2. The largest absolute Gasteiger partial charge is 0.309 e. The Morgan fingerprint density at radius 2 is 2.12 bits per heavy atom. The minimum Gasteiger partial charge on any atom is -0.309 e. The molecule has 1 saturated carbocycles. The first kappa shape index (κ1) is 13.1. The Labute approximate surface area is 110 Å². The van der Waals surface area contributed by atoms with E-state index in [1.807, 2.05) is 11.3 Å². The highest BCUT2D eigenvalue weighted by atomic mass is 32.1. The lowest BCUT2D eigenvalue weighted by Gasteiger charge is -2.28. The molecule has 0 radical (unpaired) electrons. The molecule has 0 aromatic carbocycles. The first-order valence-corrected chi connectivity index (χ1v) is 7.94. The zero-order valence-corrected chi connectivity index (χ0v) is 11.9. The quantitative estimate of drug-likeness (QED) is 0.805. The van der Waals surface area contributed by atoms with Gasteiger partial charge in [-0.25, -0.2) is 0 Å². The van der Waals surface area contributed by atoms with Gasteiger partial charge in [-0.2, -0.15) is 0 Å². The van der Waals surface area contributed by atoms with E-state index in [4.69, 9.17) is 0 Å². The Balaban J connectivity index is 1.76. The van der Waals surface area contributed by atoms with Crippen molar-refractivity contribution in [2.24, 2.45) is 11.8 Å². The van der Waals surface area contributed by atoms with E-state index >= 15 is 0 Å². The highest BCUT2D eigenvalue weighted by Crippen LogP contribution is 2.29. The molecule has 2 heteroatoms. The average molecular weight is 251 g/mol. The molecule has 1 aliphatic carbocycles. The topological polar surface area (TPSA) is 12.0 Å². The lowest BCUT2D eigenvalue weighted by Crippen LogP contribution is -2.28. The Bertz CT molecular complexity index is 299. The molecule has 1 nitrogen and oxygen atoms in total. The van der Waals surface area contributed by atoms with Gasteiger partial charge in [-0.05, 0) is 49.1 Å². The first-order chi connectivity index (χ1) is 8.29. The highest BCUT2D eigenvalue weighted by Gasteiger charge is 2.19. The van der Waals surface area contributed by atoms with E-state index in [-0.39, 0.29) is 0 Å². The zero-order chi connectivity index (χ0) is 12.1. The molecule has 0 aliphatic heterocycles. The van der Waals surface area contributed by atoms with Gasteiger partial charge in [-0.1, -0.05) is 32.8 Å². The van der Waals surface area contributed by atoms with E-state index in [0.29, 0.717) is 6.04 Å². The Morgan fingerprint density at radius 1 is 1.35 bits per heavy atom. The van der Waals surface area contributed by atoms with Crippen LogP contribution in [-0.4, -0.2) is 6.54 Å². The minimum atomic E-state index is 0.578. The standard InChI is InChI=1S/C15H25NS/c1-3-14(15-5-4-10-17-15)16-11-13-8-6-12(2)7-9-13/h4-5,10,12-14,16H,3,6-9,11H2,1-2H3. The van der Waals surface area contributed by atoms with Crippen LogP contribution in [0.5, 0.6) is 0 Å². The Kier molecular flexibility index (Phi) is 5.05. The molecule has 1 fully saturated rings. The molecule has 1 aliphatic rings. The molecule has 0 amide bonds. The fourth-order valence-corrected chi connectivity index (χ4v) is 3.66. The van der Waals surface area contributed by atoms with Crippen LogP contribution in [0.3, 0.4) is 0 Å². The molecule has 1 N–H and O–H groups in total. The van der Waals surface area contributed by atoms with Crippen molar-refractivity contribution >= 4 is 11.3 Å². The van der Waals surface area contributed by atoms with Crippen LogP contribution in [-0.2, 0) is 0 Å². The lowest BCUT2D eigenvalue weighted by molar-refractivity contribution is 0.274. The molecule has 17 heavy (non-hydrogen) atoms. The average Bonchev–Trinajstić information content (AvgIpc) is 2.86. The molecule has 1 unspecified atom stereocenters. The van der Waals surface area contributed by atoms with Gasteiger partial charge in [0.1, 0.15) is 0 Å². The van der Waals surface area contributed by atoms with E-state index in [1.165, 1.54) is 43.5 Å². The highest BCUT2D eigenvalue weighted by molar-refractivity contribution is 7.10. The predicted octanol–water partition coefficient (Wildman–Crippen LogP) is 4.62. The second kappa shape index (κ2) is 6.55. The van der Waals surface area contributed by atoms with Gasteiger partial charge < -0.3 is 5.32 Å². The maximum Gasteiger partial charge on any atom is 0.0412 e. The van der Waals surface area contributed by atoms with Crippen molar-refractivity contribution in [3.63, 3.8) is 0 Å². The number of hydrogen-bond donors (Lipinski definition) is 1. The summed E-state index contributed by atoms with van der Waals surface area (Å²) in [6, 6.07) is 5.00. The van der Waals surface area contributed by atoms with Crippen LogP contribution in [0.25, 0.3) is 0 Å². The summed E-state index contributed by atoms with van der Waals surface area (Å²) in [6.45, 7) is 5.88. The summed E-state index contributed by atoms with van der Waals surface area (Å²) in [6.07, 6.45) is 6.91. The second-order valence-electron chi connectivity index (χ2n) is 5.51. The van der Waals surface area contributed by atoms with Crippen molar-refractivity contribution in [1.29, 1.82) is 0 Å². The Hall–Kier alpha value is -0.340. The minimum absolute atomic E-state index is 0.578. The maximum atomic E-state index is 3.77. The van der Waals surface area contributed by atoms with Crippen LogP contribution in [0.1, 0.15) is 56.9 Å². The molecular weight excluding hydrogens is 226 g/mol. The predicted molar refractivity (Wildman–Crippen MR) is 76.5 cm³/mol. The molecule has 1 aromatic rings. The van der Waals surface area contributed by atoms with Crippen molar-refractivity contribution in [2.75, 3.05) is 6.54 Å². The van der Waals surface area contributed by atoms with Crippen LogP contribution in [0, 0.1) is 11.8 Å². The van der Waals surface area contributed by atoms with Crippen LogP contribution in [0.15, 0.2) is 17.5 Å². The third-order valence-corrected chi connectivity index (χ3v) is 5.07. The molecule has 0 saturated heterocycles. The molecular formula is C15H25NS. The molecule has 1 aromatic heterocycles. The normalized spacial score (nSPS) is 26.9. The van der Waals surface area contributed by atoms with Gasteiger partial charge >= 0.3 is 0 Å². The molecule has 96 valence electrons. The van der Waals surface area contributed by atoms with Gasteiger partial charge in [-0.15, -0.1) is 11.3 Å². The fraction of sp³-hybridized carbons (Fsp3) is 0.733. The lowest BCUT2D eigenvalue weighted by atomic mass is 9.83. The van der Waals surface area contributed by atoms with Crippen LogP contribution >= 0.6 is 11.3 Å². The van der Waals surface area contributed by atoms with E-state index in [9.17, 15) is 0 Å². The van der Waals surface area contributed by atoms with E-state index in [1.54, 1.807) is 0 Å². The summed E-state index contributed by atoms with van der Waals surface area (Å²) in [7, 11) is 0. The molecule has 2 rings (SSSR count). The summed E-state index contributed by atoms with van der Waals surface area (Å²) in [4.78, 5) is 1.50. The van der Waals surface area contributed by atoms with Gasteiger partial charge in [0.05, 0.1) is 0 Å². The van der Waals surface area contributed by atoms with Gasteiger partial charge in [-0.3, -0.25) is 0 Å². The number of nitrogens with one attached hydrogen (secondary N) is 1. The summed E-state index contributed by atoms with van der Waals surface area (Å²) in [5.74, 6) is 1.88. The Morgan fingerprint density at radius 3 is 2.71 bits per heavy atom. The number of rotatable bonds is 5. The second-order valence-corrected chi connectivity index (χ2v) is 6.49. The summed E-state index contributed by atoms with van der Waals surface area (Å²) in [5, 5.41) is 5.95. The monoisotopic (exact) mass is 251 g/mol. The SMILES string of the molecule is CCC(NCC1CCC(C)CC1)c1cccs1. The fourth-order valence-electron chi connectivity index (χ4n) is 2.78. The van der Waals surface area contributed by atoms with Gasteiger partial charge in [0.15, 0.2) is 0 Å². The molecule has 0 spiro atoms. The van der Waals surface area contributed by atoms with Crippen molar-refractivity contribution in [1.82, 2.24) is 5.32 Å². The van der Waals surface area contributed by atoms with Gasteiger partial charge in [0, 0.05) is 10.9 Å². The van der Waals surface area contributed by atoms with E-state index in [0.717, 1.165) is 11.8 Å². The summed E-state index contributed by atoms with van der Waals surface area (Å²) >= 11 is 1.88. The van der Waals surface area contributed by atoms with Crippen LogP contribution in [0.4, 0.5) is 0 Å². The van der Waals surface area contributed by atoms with Crippen molar-refractivity contribution in [2.45, 2.75) is 52.0 Å². The van der Waals surface area contributed by atoms with E-state index < -0.39 is 0 Å². The molecule has 1 atom stereocenters. The maximum absolute atomic E-state index is 3.77. The van der Waals surface area contributed by atoms with E-state index in [2.05, 4.69) is 36.7 Å². The first-order valence-electron chi connectivity index (χ1n) is 7.06. The third kappa shape index (κ3) is 3.82. The van der Waals surface area contributed by atoms with Gasteiger partial charge in [0.25, 0.3) is 0 Å². The van der Waals surface area contributed by atoms with Crippen LogP contribution < -0.4 is 5.32 Å². The smallest absolute Gasteiger partial charge is 0.0412 e. The van der Waals surface area contributed by atoms with Crippen molar-refractivity contribution in [3.8, 4) is 0 Å². The number of thiophene rings is 1. The van der Waals surface area contributed by atoms with Crippen molar-refractivity contribution < 1.29 is 0 Å². The van der Waals surface area contributed by atoms with Crippen LogP contribution in [0.2, 0.25) is 0 Å². The summed E-state index contributed by atoms with van der Waals surface area (Å²) in [5.41, 5.74) is 0. The van der Waals surface area contributed by atoms with Gasteiger partial charge in [0.2, 0.25) is 0 Å².